The fourth-order valence-electron chi connectivity index (χ4n) is 3.03. The number of rotatable bonds is 7. The van der Waals surface area contributed by atoms with Crippen LogP contribution in [-0.4, -0.2) is 31.6 Å². The Balaban J connectivity index is 1.69. The first-order valence-electron chi connectivity index (χ1n) is 8.79. The molecule has 0 radical (unpaired) electrons. The van der Waals surface area contributed by atoms with Crippen LogP contribution in [-0.2, 0) is 17.8 Å². The maximum atomic E-state index is 12.6. The maximum Gasteiger partial charge on any atom is 0.387 e. The third-order valence-corrected chi connectivity index (χ3v) is 4.46. The minimum absolute atomic E-state index is 0.0506. The van der Waals surface area contributed by atoms with Gasteiger partial charge >= 0.3 is 6.61 Å². The second-order valence-corrected chi connectivity index (χ2v) is 6.47. The van der Waals surface area contributed by atoms with Crippen LogP contribution in [0.1, 0.15) is 11.1 Å². The Bertz CT molecular complexity index is 975. The highest BCUT2D eigenvalue weighted by Gasteiger charge is 2.14. The summed E-state index contributed by atoms with van der Waals surface area (Å²) in [6.07, 6.45) is 0.262. The summed E-state index contributed by atoms with van der Waals surface area (Å²) in [5.41, 5.74) is 1.60. The lowest BCUT2D eigenvalue weighted by atomic mass is 10.0. The van der Waals surface area contributed by atoms with Crippen LogP contribution in [0.4, 0.5) is 8.78 Å². The predicted molar refractivity (Wildman–Crippen MR) is 104 cm³/mol. The third kappa shape index (κ3) is 4.76. The molecule has 0 aliphatic carbocycles. The van der Waals surface area contributed by atoms with Gasteiger partial charge in [-0.15, -0.1) is 0 Å². The number of benzene rings is 3. The summed E-state index contributed by atoms with van der Waals surface area (Å²) in [7, 11) is 3.06. The summed E-state index contributed by atoms with van der Waals surface area (Å²) in [4.78, 5) is 14.1. The van der Waals surface area contributed by atoms with Crippen molar-refractivity contribution in [3.8, 4) is 11.5 Å². The SMILES string of the molecule is COc1ccc(CN(C)C(=O)Cc2ccc3ccccc3c2)cc1OC(F)F. The van der Waals surface area contributed by atoms with Crippen molar-refractivity contribution < 1.29 is 23.0 Å². The van der Waals surface area contributed by atoms with Gasteiger partial charge in [0.05, 0.1) is 13.5 Å². The summed E-state index contributed by atoms with van der Waals surface area (Å²) in [6, 6.07) is 18.6. The zero-order valence-electron chi connectivity index (χ0n) is 15.7. The van der Waals surface area contributed by atoms with Crippen molar-refractivity contribution in [3.63, 3.8) is 0 Å². The molecule has 3 aromatic rings. The normalized spacial score (nSPS) is 10.9. The van der Waals surface area contributed by atoms with Crippen LogP contribution in [0.3, 0.4) is 0 Å². The van der Waals surface area contributed by atoms with Gasteiger partial charge in [-0.2, -0.15) is 8.78 Å². The van der Waals surface area contributed by atoms with Crippen LogP contribution < -0.4 is 9.47 Å². The monoisotopic (exact) mass is 385 g/mol. The van der Waals surface area contributed by atoms with E-state index >= 15 is 0 Å². The number of halogens is 2. The van der Waals surface area contributed by atoms with Gasteiger partial charge in [-0.05, 0) is 34.0 Å². The van der Waals surface area contributed by atoms with Crippen molar-refractivity contribution in [1.82, 2.24) is 4.90 Å². The molecule has 0 fully saturated rings. The largest absolute Gasteiger partial charge is 0.493 e. The molecule has 0 aliphatic heterocycles. The second kappa shape index (κ2) is 8.69. The summed E-state index contributed by atoms with van der Waals surface area (Å²) in [5.74, 6) is 0.0991. The van der Waals surface area contributed by atoms with Crippen molar-refractivity contribution in [3.05, 3.63) is 71.8 Å². The van der Waals surface area contributed by atoms with Crippen molar-refractivity contribution in [2.75, 3.05) is 14.2 Å². The minimum atomic E-state index is -2.95. The molecule has 28 heavy (non-hydrogen) atoms. The molecule has 0 aromatic heterocycles. The first-order chi connectivity index (χ1) is 13.5. The summed E-state index contributed by atoms with van der Waals surface area (Å²) >= 11 is 0. The number of alkyl halides is 2. The van der Waals surface area contributed by atoms with E-state index in [9.17, 15) is 13.6 Å². The van der Waals surface area contributed by atoms with Gasteiger partial charge in [0.15, 0.2) is 11.5 Å². The van der Waals surface area contributed by atoms with E-state index in [0.29, 0.717) is 5.56 Å². The molecule has 1 amide bonds. The summed E-state index contributed by atoms with van der Waals surface area (Å²) in [5, 5.41) is 2.20. The standard InChI is InChI=1S/C22H21F2NO3/c1-25(14-16-8-10-19(27-2)20(12-16)28-22(23)24)21(26)13-15-7-9-17-5-3-4-6-18(17)11-15/h3-12,22H,13-14H2,1-2H3. The molecule has 0 spiro atoms. The van der Waals surface area contributed by atoms with Gasteiger partial charge in [0.2, 0.25) is 5.91 Å². The quantitative estimate of drug-likeness (QED) is 0.594. The number of carbonyl (C=O) groups is 1. The molecule has 0 unspecified atom stereocenters. The van der Waals surface area contributed by atoms with Crippen molar-refractivity contribution >= 4 is 16.7 Å². The molecule has 0 bridgehead atoms. The van der Waals surface area contributed by atoms with E-state index in [2.05, 4.69) is 4.74 Å². The number of carbonyl (C=O) groups excluding carboxylic acids is 1. The Morgan fingerprint density at radius 3 is 2.39 bits per heavy atom. The van der Waals surface area contributed by atoms with E-state index in [1.54, 1.807) is 24.1 Å². The van der Waals surface area contributed by atoms with Crippen LogP contribution in [0.5, 0.6) is 11.5 Å². The lowest BCUT2D eigenvalue weighted by Crippen LogP contribution is -2.27. The Morgan fingerprint density at radius 2 is 1.68 bits per heavy atom. The Labute approximate surface area is 162 Å². The zero-order chi connectivity index (χ0) is 20.1. The van der Waals surface area contributed by atoms with Crippen molar-refractivity contribution in [2.45, 2.75) is 19.6 Å². The van der Waals surface area contributed by atoms with E-state index < -0.39 is 6.61 Å². The number of methoxy groups -OCH3 is 1. The molecular formula is C22H21F2NO3. The van der Waals surface area contributed by atoms with Crippen LogP contribution in [0, 0.1) is 0 Å². The van der Waals surface area contributed by atoms with E-state index in [-0.39, 0.29) is 30.4 Å². The van der Waals surface area contributed by atoms with Gasteiger partial charge in [0.25, 0.3) is 0 Å². The Morgan fingerprint density at radius 1 is 0.964 bits per heavy atom. The highest BCUT2D eigenvalue weighted by atomic mass is 19.3. The molecule has 0 atom stereocenters. The first-order valence-corrected chi connectivity index (χ1v) is 8.79. The number of amides is 1. The summed E-state index contributed by atoms with van der Waals surface area (Å²) in [6.45, 7) is -2.67. The number of fused-ring (bicyclic) bond motifs is 1. The second-order valence-electron chi connectivity index (χ2n) is 6.47. The average Bonchev–Trinajstić information content (AvgIpc) is 2.67. The number of nitrogens with zero attached hydrogens (tertiary/aromatic N) is 1. The number of hydrogen-bond acceptors (Lipinski definition) is 3. The molecule has 3 aromatic carbocycles. The lowest BCUT2D eigenvalue weighted by molar-refractivity contribution is -0.129. The van der Waals surface area contributed by atoms with Gasteiger partial charge < -0.3 is 14.4 Å². The van der Waals surface area contributed by atoms with Gasteiger partial charge in [0.1, 0.15) is 0 Å². The topological polar surface area (TPSA) is 38.8 Å². The minimum Gasteiger partial charge on any atom is -0.493 e. The van der Waals surface area contributed by atoms with Crippen LogP contribution in [0.15, 0.2) is 60.7 Å². The van der Waals surface area contributed by atoms with Crippen LogP contribution in [0.25, 0.3) is 10.8 Å². The molecule has 146 valence electrons. The fourth-order valence-corrected chi connectivity index (χ4v) is 3.03. The van der Waals surface area contributed by atoms with E-state index in [1.807, 2.05) is 42.5 Å². The van der Waals surface area contributed by atoms with Crippen LogP contribution >= 0.6 is 0 Å². The van der Waals surface area contributed by atoms with E-state index in [1.165, 1.54) is 13.2 Å². The Kier molecular flexibility index (Phi) is 6.09. The molecule has 0 aliphatic rings. The Hall–Kier alpha value is -3.15. The highest BCUT2D eigenvalue weighted by molar-refractivity contribution is 5.85. The number of hydrogen-bond donors (Lipinski definition) is 0. The van der Waals surface area contributed by atoms with Crippen molar-refractivity contribution in [2.24, 2.45) is 0 Å². The van der Waals surface area contributed by atoms with Gasteiger partial charge in [-0.1, -0.05) is 48.5 Å². The van der Waals surface area contributed by atoms with E-state index in [4.69, 9.17) is 4.74 Å². The molecular weight excluding hydrogens is 364 g/mol. The summed E-state index contributed by atoms with van der Waals surface area (Å²) < 4.78 is 34.7. The third-order valence-electron chi connectivity index (χ3n) is 4.46. The van der Waals surface area contributed by atoms with Gasteiger partial charge in [0, 0.05) is 13.6 Å². The van der Waals surface area contributed by atoms with Gasteiger partial charge in [-0.3, -0.25) is 4.79 Å². The number of likely N-dealkylation sites (N-methyl/N-ethyl adjacent to an activating group) is 1. The molecule has 4 nitrogen and oxygen atoms in total. The van der Waals surface area contributed by atoms with Crippen molar-refractivity contribution in [1.29, 1.82) is 0 Å². The molecule has 0 saturated carbocycles. The average molecular weight is 385 g/mol. The van der Waals surface area contributed by atoms with Crippen LogP contribution in [0.2, 0.25) is 0 Å². The first kappa shape index (κ1) is 19.6. The lowest BCUT2D eigenvalue weighted by Gasteiger charge is -2.19. The molecule has 0 saturated heterocycles. The molecule has 0 N–H and O–H groups in total. The highest BCUT2D eigenvalue weighted by Crippen LogP contribution is 2.30. The predicted octanol–water partition coefficient (Wildman–Crippen LogP) is 4.65. The molecule has 0 heterocycles. The van der Waals surface area contributed by atoms with Gasteiger partial charge in [-0.25, -0.2) is 0 Å². The number of ether oxygens (including phenoxy) is 2. The fraction of sp³-hybridized carbons (Fsp3) is 0.227. The van der Waals surface area contributed by atoms with E-state index in [0.717, 1.165) is 16.3 Å². The maximum absolute atomic E-state index is 12.6. The molecule has 3 rings (SSSR count). The zero-order valence-corrected chi connectivity index (χ0v) is 15.7. The molecule has 6 heteroatoms. The smallest absolute Gasteiger partial charge is 0.387 e.